The molecule has 6 nitrogen and oxygen atoms in total. The standard InChI is InChI=1S/C26H23Cl2F3N2O4/c1-12-8-15(26(29,30)31)9-18-14(3)11-33(22(12)18)24(35)20-19(27)5-4-17(21(20)28)23(34)32-7-6-16(25(36)37)13(2)10-32/h4-5,8-9,11,13,16H,6-7,10H2,1-3H3,(H,36,37)/t13?,16-/m1/s1. The summed E-state index contributed by atoms with van der Waals surface area (Å²) < 4.78 is 41.2. The van der Waals surface area contributed by atoms with E-state index in [1.54, 1.807) is 13.8 Å². The summed E-state index contributed by atoms with van der Waals surface area (Å²) in [5, 5.41) is 9.41. The van der Waals surface area contributed by atoms with E-state index < -0.39 is 35.4 Å². The van der Waals surface area contributed by atoms with Crippen molar-refractivity contribution in [3.8, 4) is 0 Å². The topological polar surface area (TPSA) is 79.6 Å². The van der Waals surface area contributed by atoms with E-state index in [2.05, 4.69) is 0 Å². The molecule has 2 aromatic carbocycles. The number of hydrogen-bond donors (Lipinski definition) is 1. The van der Waals surface area contributed by atoms with E-state index in [4.69, 9.17) is 23.2 Å². The van der Waals surface area contributed by atoms with Crippen LogP contribution in [0.2, 0.25) is 10.0 Å². The van der Waals surface area contributed by atoms with Gasteiger partial charge in [0.2, 0.25) is 0 Å². The number of carboxylic acids is 1. The third-order valence-corrected chi connectivity index (χ3v) is 7.59. The van der Waals surface area contributed by atoms with Gasteiger partial charge < -0.3 is 10.0 Å². The summed E-state index contributed by atoms with van der Waals surface area (Å²) >= 11 is 12.9. The van der Waals surface area contributed by atoms with E-state index in [1.807, 2.05) is 0 Å². The van der Waals surface area contributed by atoms with Crippen LogP contribution in [0, 0.1) is 25.7 Å². The minimum atomic E-state index is -4.55. The lowest BCUT2D eigenvalue weighted by Crippen LogP contribution is -2.45. The second-order valence-corrected chi connectivity index (χ2v) is 10.2. The van der Waals surface area contributed by atoms with Crippen LogP contribution in [-0.2, 0) is 11.0 Å². The number of alkyl halides is 3. The third-order valence-electron chi connectivity index (χ3n) is 6.88. The molecule has 2 heterocycles. The van der Waals surface area contributed by atoms with Gasteiger partial charge in [-0.15, -0.1) is 0 Å². The van der Waals surface area contributed by atoms with Crippen molar-refractivity contribution in [1.82, 2.24) is 9.47 Å². The smallest absolute Gasteiger partial charge is 0.416 e. The van der Waals surface area contributed by atoms with Crippen LogP contribution in [0.5, 0.6) is 0 Å². The molecule has 1 unspecified atom stereocenters. The van der Waals surface area contributed by atoms with Crippen molar-refractivity contribution >= 4 is 51.9 Å². The lowest BCUT2D eigenvalue weighted by molar-refractivity contribution is -0.145. The van der Waals surface area contributed by atoms with Crippen molar-refractivity contribution in [2.24, 2.45) is 11.8 Å². The summed E-state index contributed by atoms with van der Waals surface area (Å²) in [6, 6.07) is 4.73. The first-order valence-electron chi connectivity index (χ1n) is 11.5. The van der Waals surface area contributed by atoms with Gasteiger partial charge in [-0.25, -0.2) is 0 Å². The number of carboxylic acid groups (broad SMARTS) is 1. The third kappa shape index (κ3) is 4.82. The maximum atomic E-state index is 13.7. The predicted octanol–water partition coefficient (Wildman–Crippen LogP) is 6.46. The summed E-state index contributed by atoms with van der Waals surface area (Å²) in [6.07, 6.45) is -2.85. The van der Waals surface area contributed by atoms with E-state index in [0.29, 0.717) is 5.56 Å². The fraction of sp³-hybridized carbons (Fsp3) is 0.346. The Morgan fingerprint density at radius 1 is 1.05 bits per heavy atom. The van der Waals surface area contributed by atoms with Gasteiger partial charge in [0.25, 0.3) is 11.8 Å². The molecule has 1 saturated heterocycles. The Hall–Kier alpha value is -3.04. The molecule has 0 radical (unpaired) electrons. The number of aryl methyl sites for hydroxylation is 2. The van der Waals surface area contributed by atoms with Crippen molar-refractivity contribution in [1.29, 1.82) is 0 Å². The molecule has 0 bridgehead atoms. The van der Waals surface area contributed by atoms with Crippen LogP contribution in [0.4, 0.5) is 13.2 Å². The Morgan fingerprint density at radius 2 is 1.73 bits per heavy atom. The van der Waals surface area contributed by atoms with Gasteiger partial charge in [-0.3, -0.25) is 19.0 Å². The molecule has 37 heavy (non-hydrogen) atoms. The molecule has 0 aliphatic carbocycles. The Labute approximate surface area is 220 Å². The maximum absolute atomic E-state index is 13.7. The minimum absolute atomic E-state index is 0.0198. The molecule has 1 aromatic heterocycles. The number of benzene rings is 2. The molecule has 1 amide bonds. The number of hydrogen-bond acceptors (Lipinski definition) is 3. The van der Waals surface area contributed by atoms with Crippen LogP contribution in [0.1, 0.15) is 50.8 Å². The Bertz CT molecular complexity index is 1450. The number of rotatable bonds is 3. The second kappa shape index (κ2) is 9.68. The highest BCUT2D eigenvalue weighted by molar-refractivity contribution is 6.41. The molecule has 196 valence electrons. The van der Waals surface area contributed by atoms with E-state index in [9.17, 15) is 32.7 Å². The van der Waals surface area contributed by atoms with Gasteiger partial charge in [0.15, 0.2) is 0 Å². The van der Waals surface area contributed by atoms with Crippen molar-refractivity contribution < 1.29 is 32.7 Å². The molecule has 1 aliphatic heterocycles. The fourth-order valence-corrected chi connectivity index (χ4v) is 5.57. The Balaban J connectivity index is 1.75. The summed E-state index contributed by atoms with van der Waals surface area (Å²) in [4.78, 5) is 39.8. The van der Waals surface area contributed by atoms with Crippen LogP contribution >= 0.6 is 23.2 Å². The maximum Gasteiger partial charge on any atom is 0.416 e. The number of carbonyl (C=O) groups excluding carboxylic acids is 2. The van der Waals surface area contributed by atoms with E-state index in [0.717, 1.165) is 12.1 Å². The van der Waals surface area contributed by atoms with Gasteiger partial charge in [0.05, 0.1) is 38.2 Å². The van der Waals surface area contributed by atoms with Gasteiger partial charge in [0, 0.05) is 24.7 Å². The van der Waals surface area contributed by atoms with Crippen LogP contribution in [-0.4, -0.2) is 45.4 Å². The minimum Gasteiger partial charge on any atom is -0.481 e. The van der Waals surface area contributed by atoms with E-state index in [-0.39, 0.29) is 63.1 Å². The summed E-state index contributed by atoms with van der Waals surface area (Å²) in [5.74, 6) is -2.91. The van der Waals surface area contributed by atoms with Gasteiger partial charge in [-0.2, -0.15) is 13.2 Å². The van der Waals surface area contributed by atoms with E-state index in [1.165, 1.54) is 34.7 Å². The zero-order valence-corrected chi connectivity index (χ0v) is 21.6. The molecule has 1 aliphatic rings. The number of carbonyl (C=O) groups is 3. The quantitative estimate of drug-likeness (QED) is 0.403. The van der Waals surface area contributed by atoms with Crippen LogP contribution in [0.3, 0.4) is 0 Å². The highest BCUT2D eigenvalue weighted by atomic mass is 35.5. The highest BCUT2D eigenvalue weighted by Crippen LogP contribution is 2.37. The molecule has 0 saturated carbocycles. The normalized spacial score (nSPS) is 18.3. The van der Waals surface area contributed by atoms with Crippen molar-refractivity contribution in [2.45, 2.75) is 33.4 Å². The SMILES string of the molecule is Cc1cn(C(=O)c2c(Cl)ccc(C(=O)N3CC[C@@H](C(=O)O)C(C)C3)c2Cl)c2c(C)cc(C(F)(F)F)cc12. The number of nitrogens with zero attached hydrogens (tertiary/aromatic N) is 2. The zero-order chi connectivity index (χ0) is 27.4. The number of likely N-dealkylation sites (tertiary alicyclic amines) is 1. The van der Waals surface area contributed by atoms with Crippen LogP contribution < -0.4 is 0 Å². The molecule has 0 spiro atoms. The van der Waals surface area contributed by atoms with Crippen molar-refractivity contribution in [3.05, 3.63) is 68.3 Å². The molecular formula is C26H23Cl2F3N2O4. The predicted molar refractivity (Wildman–Crippen MR) is 133 cm³/mol. The average molecular weight is 555 g/mol. The number of piperidine rings is 1. The number of fused-ring (bicyclic) bond motifs is 1. The van der Waals surface area contributed by atoms with Gasteiger partial charge >= 0.3 is 12.1 Å². The monoisotopic (exact) mass is 554 g/mol. The molecule has 1 fully saturated rings. The van der Waals surface area contributed by atoms with Gasteiger partial charge in [0.1, 0.15) is 0 Å². The number of halogens is 5. The molecule has 1 N–H and O–H groups in total. The summed E-state index contributed by atoms with van der Waals surface area (Å²) in [5.41, 5.74) is 0.0196. The van der Waals surface area contributed by atoms with Crippen LogP contribution in [0.25, 0.3) is 10.9 Å². The lowest BCUT2D eigenvalue weighted by Gasteiger charge is -2.35. The second-order valence-electron chi connectivity index (χ2n) is 9.42. The highest BCUT2D eigenvalue weighted by Gasteiger charge is 2.35. The zero-order valence-electron chi connectivity index (χ0n) is 20.1. The van der Waals surface area contributed by atoms with Crippen LogP contribution in [0.15, 0.2) is 30.5 Å². The average Bonchev–Trinajstić information content (AvgIpc) is 3.15. The first-order chi connectivity index (χ1) is 17.2. The molecule has 3 aromatic rings. The van der Waals surface area contributed by atoms with Crippen molar-refractivity contribution in [2.75, 3.05) is 13.1 Å². The molecule has 11 heteroatoms. The number of aliphatic carboxylic acids is 1. The van der Waals surface area contributed by atoms with Gasteiger partial charge in [-0.05, 0) is 61.6 Å². The first-order valence-corrected chi connectivity index (χ1v) is 12.2. The fourth-order valence-electron chi connectivity index (χ4n) is 4.95. The van der Waals surface area contributed by atoms with Crippen molar-refractivity contribution in [3.63, 3.8) is 0 Å². The largest absolute Gasteiger partial charge is 0.481 e. The summed E-state index contributed by atoms with van der Waals surface area (Å²) in [7, 11) is 0. The lowest BCUT2D eigenvalue weighted by atomic mass is 9.87. The van der Waals surface area contributed by atoms with Gasteiger partial charge in [-0.1, -0.05) is 30.1 Å². The first kappa shape index (κ1) is 27.0. The molecule has 2 atom stereocenters. The Kier molecular flexibility index (Phi) is 7.07. The Morgan fingerprint density at radius 3 is 2.32 bits per heavy atom. The number of aromatic nitrogens is 1. The summed E-state index contributed by atoms with van der Waals surface area (Å²) in [6.45, 7) is 5.25. The van der Waals surface area contributed by atoms with E-state index >= 15 is 0 Å². The molecular weight excluding hydrogens is 532 g/mol. The molecule has 4 rings (SSSR count). The number of amides is 1.